The van der Waals surface area contributed by atoms with Gasteiger partial charge in [-0.1, -0.05) is 6.92 Å². The van der Waals surface area contributed by atoms with Crippen molar-refractivity contribution in [1.82, 2.24) is 29.4 Å². The summed E-state index contributed by atoms with van der Waals surface area (Å²) in [6.07, 6.45) is 8.26. The zero-order valence-electron chi connectivity index (χ0n) is 20.8. The molecule has 5 rings (SSSR count). The van der Waals surface area contributed by atoms with Crippen molar-refractivity contribution in [2.45, 2.75) is 39.0 Å². The predicted octanol–water partition coefficient (Wildman–Crippen LogP) is 1.67. The molecule has 5 heterocycles. The van der Waals surface area contributed by atoms with Gasteiger partial charge >= 0.3 is 0 Å². The fourth-order valence-corrected chi connectivity index (χ4v) is 4.55. The van der Waals surface area contributed by atoms with Crippen LogP contribution >= 0.6 is 0 Å². The third-order valence-corrected chi connectivity index (χ3v) is 6.38. The molecule has 4 aromatic rings. The lowest BCUT2D eigenvalue weighted by Gasteiger charge is -2.20. The summed E-state index contributed by atoms with van der Waals surface area (Å²) in [6.45, 7) is 7.29. The molecule has 0 saturated carbocycles. The average molecular weight is 501 g/mol. The normalized spacial score (nSPS) is 17.8. The van der Waals surface area contributed by atoms with Gasteiger partial charge in [-0.3, -0.25) is 9.48 Å². The van der Waals surface area contributed by atoms with Crippen LogP contribution in [0.25, 0.3) is 16.9 Å². The monoisotopic (exact) mass is 500 g/mol. The van der Waals surface area contributed by atoms with E-state index in [4.69, 9.17) is 16.0 Å². The van der Waals surface area contributed by atoms with Crippen molar-refractivity contribution in [2.75, 3.05) is 23.3 Å². The first-order valence-corrected chi connectivity index (χ1v) is 11.9. The SMILES string of the molecule is C[C@H]1CN(c2ccc(C#N)cn2)C[C@H]1Nc1c(C(N)=O)cnn2cc(-c3cnn(CC(C)(C)O)c3)nc12. The molecule has 1 aliphatic rings. The number of nitriles is 1. The first-order chi connectivity index (χ1) is 17.6. The molecule has 1 saturated heterocycles. The predicted molar refractivity (Wildman–Crippen MR) is 137 cm³/mol. The molecule has 190 valence electrons. The summed E-state index contributed by atoms with van der Waals surface area (Å²) in [5, 5.41) is 31.3. The highest BCUT2D eigenvalue weighted by Crippen LogP contribution is 2.30. The van der Waals surface area contributed by atoms with Gasteiger partial charge in [-0.25, -0.2) is 14.5 Å². The van der Waals surface area contributed by atoms with Gasteiger partial charge in [0.05, 0.1) is 53.2 Å². The summed E-state index contributed by atoms with van der Waals surface area (Å²) in [7, 11) is 0. The maximum atomic E-state index is 12.3. The number of pyridine rings is 1. The standard InChI is InChI=1S/C25H28N10O2/c1-15-10-33(21-5-4-16(6-26)7-28-21)12-19(15)31-22-18(23(27)36)9-30-35-13-20(32-24(22)35)17-8-29-34(11-17)14-25(2,3)37/h4-5,7-9,11,13,15,19,31,37H,10,12,14H2,1-3H3,(H2,27,36)/t15-,19+/m0/s1. The molecule has 0 aromatic carbocycles. The largest absolute Gasteiger partial charge is 0.389 e. The van der Waals surface area contributed by atoms with Gasteiger partial charge in [-0.15, -0.1) is 0 Å². The molecular weight excluding hydrogens is 472 g/mol. The van der Waals surface area contributed by atoms with Crippen LogP contribution in [-0.4, -0.2) is 65.1 Å². The Hall–Kier alpha value is -4.50. The average Bonchev–Trinajstić information content (AvgIpc) is 3.57. The maximum absolute atomic E-state index is 12.3. The van der Waals surface area contributed by atoms with E-state index < -0.39 is 11.5 Å². The van der Waals surface area contributed by atoms with Crippen molar-refractivity contribution in [2.24, 2.45) is 11.7 Å². The van der Waals surface area contributed by atoms with Crippen LogP contribution in [0.2, 0.25) is 0 Å². The lowest BCUT2D eigenvalue weighted by Crippen LogP contribution is -2.30. The molecule has 1 aliphatic heterocycles. The van der Waals surface area contributed by atoms with E-state index in [1.54, 1.807) is 47.7 Å². The summed E-state index contributed by atoms with van der Waals surface area (Å²) in [5.74, 6) is 0.411. The molecule has 2 atom stereocenters. The lowest BCUT2D eigenvalue weighted by atomic mass is 10.1. The van der Waals surface area contributed by atoms with E-state index >= 15 is 0 Å². The number of carbonyl (C=O) groups excluding carboxylic acids is 1. The van der Waals surface area contributed by atoms with Crippen molar-refractivity contribution in [3.8, 4) is 17.3 Å². The fraction of sp³-hybridized carbons (Fsp3) is 0.360. The second kappa shape index (κ2) is 9.18. The number of imidazole rings is 1. The van der Waals surface area contributed by atoms with Crippen molar-refractivity contribution in [1.29, 1.82) is 5.26 Å². The Bertz CT molecular complexity index is 1490. The number of carbonyl (C=O) groups is 1. The van der Waals surface area contributed by atoms with Crippen LogP contribution in [0.1, 0.15) is 36.7 Å². The van der Waals surface area contributed by atoms with Gasteiger partial charge in [-0.2, -0.15) is 15.5 Å². The Labute approximate surface area is 213 Å². The van der Waals surface area contributed by atoms with Crippen molar-refractivity contribution < 1.29 is 9.90 Å². The summed E-state index contributed by atoms with van der Waals surface area (Å²) in [6, 6.07) is 5.66. The second-order valence-electron chi connectivity index (χ2n) is 10.1. The van der Waals surface area contributed by atoms with E-state index in [-0.39, 0.29) is 17.5 Å². The minimum Gasteiger partial charge on any atom is -0.389 e. The fourth-order valence-electron chi connectivity index (χ4n) is 4.55. The zero-order valence-corrected chi connectivity index (χ0v) is 20.8. The van der Waals surface area contributed by atoms with Gasteiger partial charge in [0.2, 0.25) is 0 Å². The number of primary amides is 1. The number of nitrogens with two attached hydrogens (primary N) is 1. The smallest absolute Gasteiger partial charge is 0.252 e. The summed E-state index contributed by atoms with van der Waals surface area (Å²) in [4.78, 5) is 23.6. The highest BCUT2D eigenvalue weighted by molar-refractivity contribution is 6.01. The van der Waals surface area contributed by atoms with E-state index in [2.05, 4.69) is 38.4 Å². The minimum absolute atomic E-state index is 0.0172. The molecule has 12 heteroatoms. The highest BCUT2D eigenvalue weighted by atomic mass is 16.3. The lowest BCUT2D eigenvalue weighted by molar-refractivity contribution is 0.0577. The first kappa shape index (κ1) is 24.2. The van der Waals surface area contributed by atoms with E-state index in [0.717, 1.165) is 17.9 Å². The topological polar surface area (TPSA) is 163 Å². The molecule has 1 amide bonds. The maximum Gasteiger partial charge on any atom is 0.252 e. The summed E-state index contributed by atoms with van der Waals surface area (Å²) < 4.78 is 3.27. The van der Waals surface area contributed by atoms with Crippen LogP contribution in [0.3, 0.4) is 0 Å². The van der Waals surface area contributed by atoms with E-state index in [1.807, 2.05) is 12.3 Å². The van der Waals surface area contributed by atoms with Crippen molar-refractivity contribution >= 4 is 23.1 Å². The van der Waals surface area contributed by atoms with Gasteiger partial charge in [0.1, 0.15) is 11.9 Å². The number of hydrogen-bond acceptors (Lipinski definition) is 9. The number of nitrogens with one attached hydrogen (secondary N) is 1. The Morgan fingerprint density at radius 1 is 1.24 bits per heavy atom. The van der Waals surface area contributed by atoms with Gasteiger partial charge in [0.15, 0.2) is 5.65 Å². The van der Waals surface area contributed by atoms with E-state index in [9.17, 15) is 9.90 Å². The van der Waals surface area contributed by atoms with Crippen LogP contribution in [0.15, 0.2) is 43.1 Å². The van der Waals surface area contributed by atoms with Crippen LogP contribution in [0, 0.1) is 17.2 Å². The first-order valence-electron chi connectivity index (χ1n) is 11.9. The van der Waals surface area contributed by atoms with Crippen LogP contribution in [0.4, 0.5) is 11.5 Å². The van der Waals surface area contributed by atoms with E-state index in [0.29, 0.717) is 35.7 Å². The molecule has 4 N–H and O–H groups in total. The summed E-state index contributed by atoms with van der Waals surface area (Å²) >= 11 is 0. The van der Waals surface area contributed by atoms with Gasteiger partial charge in [0.25, 0.3) is 5.91 Å². The molecule has 0 spiro atoms. The molecule has 37 heavy (non-hydrogen) atoms. The molecule has 1 fully saturated rings. The number of aromatic nitrogens is 6. The van der Waals surface area contributed by atoms with Crippen molar-refractivity contribution in [3.05, 3.63) is 54.2 Å². The Kier molecular flexibility index (Phi) is 6.01. The Morgan fingerprint density at radius 3 is 2.73 bits per heavy atom. The number of rotatable bonds is 7. The van der Waals surface area contributed by atoms with Crippen LogP contribution in [0.5, 0.6) is 0 Å². The number of fused-ring (bicyclic) bond motifs is 1. The molecular formula is C25H28N10O2. The number of hydrogen-bond donors (Lipinski definition) is 3. The van der Waals surface area contributed by atoms with Gasteiger partial charge < -0.3 is 21.1 Å². The van der Waals surface area contributed by atoms with Crippen LogP contribution < -0.4 is 16.0 Å². The third-order valence-electron chi connectivity index (χ3n) is 6.38. The van der Waals surface area contributed by atoms with Gasteiger partial charge in [0, 0.05) is 37.1 Å². The number of nitrogens with zero attached hydrogens (tertiary/aromatic N) is 8. The van der Waals surface area contributed by atoms with E-state index in [1.165, 1.54) is 6.20 Å². The molecule has 0 aliphatic carbocycles. The van der Waals surface area contributed by atoms with Crippen molar-refractivity contribution in [3.63, 3.8) is 0 Å². The molecule has 0 bridgehead atoms. The second-order valence-corrected chi connectivity index (χ2v) is 10.1. The Morgan fingerprint density at radius 2 is 2.05 bits per heavy atom. The third kappa shape index (κ3) is 4.94. The molecule has 0 unspecified atom stereocenters. The zero-order chi connectivity index (χ0) is 26.3. The summed E-state index contributed by atoms with van der Waals surface area (Å²) in [5.41, 5.74) is 7.94. The Balaban J connectivity index is 1.45. The number of anilines is 2. The van der Waals surface area contributed by atoms with Gasteiger partial charge in [-0.05, 0) is 31.9 Å². The number of amides is 1. The molecule has 12 nitrogen and oxygen atoms in total. The quantitative estimate of drug-likeness (QED) is 0.342. The highest BCUT2D eigenvalue weighted by Gasteiger charge is 2.32. The molecule has 4 aromatic heterocycles. The molecule has 0 radical (unpaired) electrons. The van der Waals surface area contributed by atoms with Crippen LogP contribution in [-0.2, 0) is 6.54 Å². The minimum atomic E-state index is -0.906. The number of aliphatic hydroxyl groups is 1.